The van der Waals surface area contributed by atoms with E-state index < -0.39 is 0 Å². The predicted octanol–water partition coefficient (Wildman–Crippen LogP) is -1.17. The molecule has 1 saturated heterocycles. The number of carbonyl (C=O) groups is 1. The molecular weight excluding hydrogens is 134 g/mol. The second kappa shape index (κ2) is 3.50. The summed E-state index contributed by atoms with van der Waals surface area (Å²) in [4.78, 5) is 15.2. The maximum Gasteiger partial charge on any atom is 0.235 e. The zero-order chi connectivity index (χ0) is 7.40. The molecule has 1 heterocycles. The number of hydrogen-bond acceptors (Lipinski definition) is 4. The summed E-state index contributed by atoms with van der Waals surface area (Å²) in [6.07, 6.45) is 0.575. The van der Waals surface area contributed by atoms with Crippen molar-refractivity contribution < 1.29 is 9.63 Å². The second-order valence-corrected chi connectivity index (χ2v) is 2.05. The van der Waals surface area contributed by atoms with Crippen LogP contribution in [0.3, 0.4) is 0 Å². The fourth-order valence-electron chi connectivity index (χ4n) is 0.786. The van der Waals surface area contributed by atoms with Crippen molar-refractivity contribution >= 4 is 5.91 Å². The van der Waals surface area contributed by atoms with Gasteiger partial charge in [-0.25, -0.2) is 5.01 Å². The van der Waals surface area contributed by atoms with E-state index in [1.165, 1.54) is 7.11 Å². The van der Waals surface area contributed by atoms with Crippen molar-refractivity contribution in [3.8, 4) is 0 Å². The molecule has 0 aliphatic carbocycles. The van der Waals surface area contributed by atoms with Gasteiger partial charge in [-0.15, -0.1) is 0 Å². The molecule has 58 valence electrons. The van der Waals surface area contributed by atoms with Crippen molar-refractivity contribution in [3.05, 3.63) is 0 Å². The van der Waals surface area contributed by atoms with Crippen molar-refractivity contribution in [1.82, 2.24) is 15.9 Å². The van der Waals surface area contributed by atoms with Crippen LogP contribution in [-0.4, -0.2) is 31.2 Å². The number of carbonyl (C=O) groups excluding carboxylic acids is 1. The highest BCUT2D eigenvalue weighted by Crippen LogP contribution is 1.94. The molecule has 0 aromatic rings. The van der Waals surface area contributed by atoms with Gasteiger partial charge in [0.05, 0.1) is 13.8 Å². The van der Waals surface area contributed by atoms with Crippen LogP contribution < -0.4 is 10.9 Å². The molecule has 1 amide bonds. The SMILES string of the molecule is CONCN1CCC(=O)N1. The predicted molar refractivity (Wildman–Crippen MR) is 34.5 cm³/mol. The number of nitrogens with one attached hydrogen (secondary N) is 2. The highest BCUT2D eigenvalue weighted by molar-refractivity contribution is 5.77. The van der Waals surface area contributed by atoms with Crippen molar-refractivity contribution in [1.29, 1.82) is 0 Å². The molecular formula is C5H11N3O2. The summed E-state index contributed by atoms with van der Waals surface area (Å²) in [5.74, 6) is 0.0675. The summed E-state index contributed by atoms with van der Waals surface area (Å²) in [6, 6.07) is 0. The molecule has 0 spiro atoms. The van der Waals surface area contributed by atoms with Gasteiger partial charge in [-0.05, 0) is 0 Å². The lowest BCUT2D eigenvalue weighted by atomic mass is 10.4. The third kappa shape index (κ3) is 1.94. The Morgan fingerprint density at radius 1 is 1.90 bits per heavy atom. The summed E-state index contributed by atoms with van der Waals surface area (Å²) in [5.41, 5.74) is 5.26. The van der Waals surface area contributed by atoms with Gasteiger partial charge in [-0.2, -0.15) is 5.48 Å². The number of hydroxylamine groups is 1. The smallest absolute Gasteiger partial charge is 0.235 e. The van der Waals surface area contributed by atoms with Crippen molar-refractivity contribution in [2.45, 2.75) is 6.42 Å². The Bertz CT molecular complexity index is 128. The highest BCUT2D eigenvalue weighted by Gasteiger charge is 2.16. The molecule has 1 fully saturated rings. The molecule has 5 heteroatoms. The highest BCUT2D eigenvalue weighted by atomic mass is 16.6. The summed E-state index contributed by atoms with van der Waals surface area (Å²) < 4.78 is 0. The Morgan fingerprint density at radius 2 is 2.70 bits per heavy atom. The van der Waals surface area contributed by atoms with E-state index in [-0.39, 0.29) is 5.91 Å². The van der Waals surface area contributed by atoms with Crippen LogP contribution in [0, 0.1) is 0 Å². The van der Waals surface area contributed by atoms with Crippen LogP contribution in [0.1, 0.15) is 6.42 Å². The fourth-order valence-corrected chi connectivity index (χ4v) is 0.786. The largest absolute Gasteiger partial charge is 0.304 e. The first-order chi connectivity index (χ1) is 4.83. The van der Waals surface area contributed by atoms with Gasteiger partial charge in [0, 0.05) is 13.0 Å². The summed E-state index contributed by atoms with van der Waals surface area (Å²) in [6.45, 7) is 1.28. The fraction of sp³-hybridized carbons (Fsp3) is 0.800. The van der Waals surface area contributed by atoms with Gasteiger partial charge in [0.2, 0.25) is 5.91 Å². The summed E-state index contributed by atoms with van der Waals surface area (Å²) >= 11 is 0. The Balaban J connectivity index is 2.12. The molecule has 0 radical (unpaired) electrons. The average Bonchev–Trinajstić information content (AvgIpc) is 2.31. The van der Waals surface area contributed by atoms with E-state index in [9.17, 15) is 4.79 Å². The number of amides is 1. The van der Waals surface area contributed by atoms with Crippen LogP contribution in [0.2, 0.25) is 0 Å². The molecule has 1 aliphatic heterocycles. The molecule has 0 aromatic carbocycles. The van der Waals surface area contributed by atoms with E-state index in [1.807, 2.05) is 0 Å². The van der Waals surface area contributed by atoms with Gasteiger partial charge < -0.3 is 4.84 Å². The van der Waals surface area contributed by atoms with Gasteiger partial charge in [-0.1, -0.05) is 0 Å². The van der Waals surface area contributed by atoms with Crippen molar-refractivity contribution in [3.63, 3.8) is 0 Å². The third-order valence-electron chi connectivity index (χ3n) is 1.29. The monoisotopic (exact) mass is 145 g/mol. The Morgan fingerprint density at radius 3 is 3.20 bits per heavy atom. The zero-order valence-electron chi connectivity index (χ0n) is 5.89. The van der Waals surface area contributed by atoms with Gasteiger partial charge in [-0.3, -0.25) is 10.2 Å². The van der Waals surface area contributed by atoms with E-state index in [1.54, 1.807) is 5.01 Å². The number of nitrogens with zero attached hydrogens (tertiary/aromatic N) is 1. The minimum absolute atomic E-state index is 0.0675. The van der Waals surface area contributed by atoms with E-state index in [0.717, 1.165) is 6.54 Å². The number of rotatable bonds is 3. The molecule has 2 N–H and O–H groups in total. The molecule has 0 atom stereocenters. The maximum atomic E-state index is 10.6. The van der Waals surface area contributed by atoms with E-state index in [0.29, 0.717) is 13.1 Å². The second-order valence-electron chi connectivity index (χ2n) is 2.05. The number of hydrazine groups is 1. The third-order valence-corrected chi connectivity index (χ3v) is 1.29. The normalized spacial score (nSPS) is 19.5. The minimum Gasteiger partial charge on any atom is -0.304 e. The van der Waals surface area contributed by atoms with E-state index in [2.05, 4.69) is 15.7 Å². The molecule has 10 heavy (non-hydrogen) atoms. The molecule has 0 unspecified atom stereocenters. The van der Waals surface area contributed by atoms with Gasteiger partial charge >= 0.3 is 0 Å². The average molecular weight is 145 g/mol. The molecule has 0 saturated carbocycles. The van der Waals surface area contributed by atoms with Crippen molar-refractivity contribution in [2.75, 3.05) is 20.3 Å². The first-order valence-electron chi connectivity index (χ1n) is 3.13. The summed E-state index contributed by atoms with van der Waals surface area (Å²) in [7, 11) is 1.54. The lowest BCUT2D eigenvalue weighted by Crippen LogP contribution is -2.39. The standard InChI is InChI=1S/C5H11N3O2/c1-10-6-4-8-3-2-5(9)7-8/h6H,2-4H2,1H3,(H,7,9). The maximum absolute atomic E-state index is 10.6. The van der Waals surface area contributed by atoms with Gasteiger partial charge in [0.15, 0.2) is 0 Å². The lowest BCUT2D eigenvalue weighted by molar-refractivity contribution is -0.121. The first-order valence-corrected chi connectivity index (χ1v) is 3.13. The van der Waals surface area contributed by atoms with Crippen molar-refractivity contribution in [2.24, 2.45) is 0 Å². The van der Waals surface area contributed by atoms with Crippen LogP contribution in [0.15, 0.2) is 0 Å². The lowest BCUT2D eigenvalue weighted by Gasteiger charge is -2.13. The Labute approximate surface area is 59.3 Å². The Hall–Kier alpha value is -0.650. The molecule has 1 aliphatic rings. The molecule has 1 rings (SSSR count). The number of hydrogen-bond donors (Lipinski definition) is 2. The van der Waals surface area contributed by atoms with Crippen LogP contribution in [0.5, 0.6) is 0 Å². The van der Waals surface area contributed by atoms with E-state index >= 15 is 0 Å². The Kier molecular flexibility index (Phi) is 2.61. The minimum atomic E-state index is 0.0675. The van der Waals surface area contributed by atoms with E-state index in [4.69, 9.17) is 0 Å². The van der Waals surface area contributed by atoms with Crippen LogP contribution in [0.4, 0.5) is 0 Å². The topological polar surface area (TPSA) is 53.6 Å². The molecule has 5 nitrogen and oxygen atoms in total. The quantitative estimate of drug-likeness (QED) is 0.491. The van der Waals surface area contributed by atoms with Crippen LogP contribution in [0.25, 0.3) is 0 Å². The molecule has 0 aromatic heterocycles. The van der Waals surface area contributed by atoms with Gasteiger partial charge in [0.25, 0.3) is 0 Å². The zero-order valence-corrected chi connectivity index (χ0v) is 5.89. The van der Waals surface area contributed by atoms with Crippen LogP contribution >= 0.6 is 0 Å². The van der Waals surface area contributed by atoms with Crippen LogP contribution in [-0.2, 0) is 9.63 Å². The first kappa shape index (κ1) is 7.46. The molecule has 0 bridgehead atoms. The summed E-state index contributed by atoms with van der Waals surface area (Å²) in [5, 5.41) is 1.76. The van der Waals surface area contributed by atoms with Gasteiger partial charge in [0.1, 0.15) is 0 Å².